The molecule has 1 aliphatic rings. The van der Waals surface area contributed by atoms with Gasteiger partial charge in [-0.1, -0.05) is 42.8 Å². The van der Waals surface area contributed by atoms with Crippen molar-refractivity contribution in [1.82, 2.24) is 0 Å². The number of halogens is 1. The van der Waals surface area contributed by atoms with Crippen LogP contribution in [0.3, 0.4) is 0 Å². The van der Waals surface area contributed by atoms with Crippen molar-refractivity contribution < 1.29 is 9.18 Å². The molecule has 0 saturated heterocycles. The molecule has 1 fully saturated rings. The summed E-state index contributed by atoms with van der Waals surface area (Å²) in [4.78, 5) is 10.6. The number of rotatable bonds is 3. The van der Waals surface area contributed by atoms with Gasteiger partial charge in [0.25, 0.3) is 0 Å². The van der Waals surface area contributed by atoms with Gasteiger partial charge in [-0.15, -0.1) is 0 Å². The van der Waals surface area contributed by atoms with Crippen LogP contribution in [-0.4, -0.2) is 6.29 Å². The third kappa shape index (κ3) is 2.30. The Morgan fingerprint density at radius 2 is 1.95 bits per heavy atom. The standard InChI is InChI=1S/C17H15FO/c18-17-9-12(11-19)7-8-16(17)15-6-2-5-14(10-15)13-3-1-4-13/h2,5-11,13H,1,3-4H2. The second-order valence-corrected chi connectivity index (χ2v) is 5.11. The Bertz CT molecular complexity index is 614. The van der Waals surface area contributed by atoms with E-state index >= 15 is 0 Å². The number of benzene rings is 2. The van der Waals surface area contributed by atoms with Crippen molar-refractivity contribution in [2.45, 2.75) is 25.2 Å². The van der Waals surface area contributed by atoms with E-state index in [1.807, 2.05) is 12.1 Å². The Hall–Kier alpha value is -1.96. The second kappa shape index (κ2) is 4.96. The molecule has 2 aromatic rings. The van der Waals surface area contributed by atoms with Crippen molar-refractivity contribution in [3.05, 3.63) is 59.4 Å². The van der Waals surface area contributed by atoms with Crippen molar-refractivity contribution >= 4 is 6.29 Å². The fourth-order valence-electron chi connectivity index (χ4n) is 2.54. The highest BCUT2D eigenvalue weighted by Gasteiger charge is 2.19. The third-order valence-corrected chi connectivity index (χ3v) is 3.90. The number of hydrogen-bond acceptors (Lipinski definition) is 1. The number of aldehydes is 1. The van der Waals surface area contributed by atoms with E-state index in [4.69, 9.17) is 0 Å². The van der Waals surface area contributed by atoms with E-state index in [1.165, 1.54) is 30.9 Å². The molecule has 96 valence electrons. The molecule has 0 amide bonds. The molecule has 0 atom stereocenters. The summed E-state index contributed by atoms with van der Waals surface area (Å²) in [5.41, 5.74) is 3.12. The van der Waals surface area contributed by atoms with Crippen molar-refractivity contribution in [1.29, 1.82) is 0 Å². The fraction of sp³-hybridized carbons (Fsp3) is 0.235. The molecule has 1 saturated carbocycles. The zero-order chi connectivity index (χ0) is 13.2. The summed E-state index contributed by atoms with van der Waals surface area (Å²) in [6.07, 6.45) is 4.42. The van der Waals surface area contributed by atoms with Crippen LogP contribution in [0.4, 0.5) is 4.39 Å². The SMILES string of the molecule is O=Cc1ccc(-c2cccc(C3CCC3)c2)c(F)c1. The number of carbonyl (C=O) groups is 1. The maximum atomic E-state index is 14.0. The van der Waals surface area contributed by atoms with Gasteiger partial charge in [0.15, 0.2) is 0 Å². The minimum absolute atomic E-state index is 0.338. The first-order chi connectivity index (χ1) is 9.28. The molecule has 2 aromatic carbocycles. The molecule has 0 spiro atoms. The highest BCUT2D eigenvalue weighted by atomic mass is 19.1. The number of carbonyl (C=O) groups excluding carboxylic acids is 1. The highest BCUT2D eigenvalue weighted by molar-refractivity contribution is 5.77. The molecule has 0 heterocycles. The molecule has 1 aliphatic carbocycles. The first kappa shape index (κ1) is 12.1. The maximum Gasteiger partial charge on any atom is 0.150 e. The van der Waals surface area contributed by atoms with E-state index in [1.54, 1.807) is 12.1 Å². The van der Waals surface area contributed by atoms with E-state index in [-0.39, 0.29) is 5.82 Å². The maximum absolute atomic E-state index is 14.0. The Morgan fingerprint density at radius 1 is 1.11 bits per heavy atom. The van der Waals surface area contributed by atoms with Crippen molar-refractivity contribution in [3.63, 3.8) is 0 Å². The summed E-state index contributed by atoms with van der Waals surface area (Å²) >= 11 is 0. The summed E-state index contributed by atoms with van der Waals surface area (Å²) in [5.74, 6) is 0.299. The van der Waals surface area contributed by atoms with E-state index in [9.17, 15) is 9.18 Å². The summed E-state index contributed by atoms with van der Waals surface area (Å²) in [7, 11) is 0. The molecule has 1 nitrogen and oxygen atoms in total. The molecule has 0 bridgehead atoms. The van der Waals surface area contributed by atoms with E-state index in [2.05, 4.69) is 12.1 Å². The normalized spacial score (nSPS) is 15.0. The lowest BCUT2D eigenvalue weighted by Crippen LogP contribution is -2.08. The van der Waals surface area contributed by atoms with Gasteiger partial charge in [0.2, 0.25) is 0 Å². The summed E-state index contributed by atoms with van der Waals surface area (Å²) in [6, 6.07) is 12.7. The summed E-state index contributed by atoms with van der Waals surface area (Å²) in [6.45, 7) is 0. The van der Waals surface area contributed by atoms with Crippen LogP contribution in [0.5, 0.6) is 0 Å². The monoisotopic (exact) mass is 254 g/mol. The van der Waals surface area contributed by atoms with Gasteiger partial charge in [0.1, 0.15) is 12.1 Å². The minimum atomic E-state index is -0.338. The molecular weight excluding hydrogens is 239 g/mol. The highest BCUT2D eigenvalue weighted by Crippen LogP contribution is 2.37. The smallest absolute Gasteiger partial charge is 0.150 e. The van der Waals surface area contributed by atoms with Gasteiger partial charge in [-0.3, -0.25) is 4.79 Å². The Kier molecular flexibility index (Phi) is 3.16. The zero-order valence-corrected chi connectivity index (χ0v) is 10.6. The van der Waals surface area contributed by atoms with Crippen LogP contribution in [0.1, 0.15) is 41.1 Å². The topological polar surface area (TPSA) is 17.1 Å². The van der Waals surface area contributed by atoms with Crippen LogP contribution in [0.25, 0.3) is 11.1 Å². The first-order valence-corrected chi connectivity index (χ1v) is 6.63. The van der Waals surface area contributed by atoms with Crippen LogP contribution in [0, 0.1) is 5.82 Å². The molecule has 0 aromatic heterocycles. The van der Waals surface area contributed by atoms with Crippen molar-refractivity contribution in [2.24, 2.45) is 0 Å². The first-order valence-electron chi connectivity index (χ1n) is 6.63. The largest absolute Gasteiger partial charge is 0.298 e. The fourth-order valence-corrected chi connectivity index (χ4v) is 2.54. The molecule has 2 heteroatoms. The van der Waals surface area contributed by atoms with Crippen LogP contribution in [0.2, 0.25) is 0 Å². The van der Waals surface area contributed by atoms with Gasteiger partial charge in [0.05, 0.1) is 0 Å². The molecule has 0 N–H and O–H groups in total. The van der Waals surface area contributed by atoms with Crippen molar-refractivity contribution in [2.75, 3.05) is 0 Å². The Morgan fingerprint density at radius 3 is 2.58 bits per heavy atom. The Balaban J connectivity index is 1.99. The average molecular weight is 254 g/mol. The molecule has 19 heavy (non-hydrogen) atoms. The van der Waals surface area contributed by atoms with Gasteiger partial charge in [0, 0.05) is 11.1 Å². The van der Waals surface area contributed by atoms with Gasteiger partial charge < -0.3 is 0 Å². The minimum Gasteiger partial charge on any atom is -0.298 e. The summed E-state index contributed by atoms with van der Waals surface area (Å²) < 4.78 is 14.0. The van der Waals surface area contributed by atoms with E-state index < -0.39 is 0 Å². The quantitative estimate of drug-likeness (QED) is 0.733. The molecule has 0 unspecified atom stereocenters. The summed E-state index contributed by atoms with van der Waals surface area (Å²) in [5, 5.41) is 0. The Labute approximate surface area is 112 Å². The van der Waals surface area contributed by atoms with Crippen LogP contribution >= 0.6 is 0 Å². The van der Waals surface area contributed by atoms with Crippen LogP contribution < -0.4 is 0 Å². The molecular formula is C17H15FO. The van der Waals surface area contributed by atoms with Gasteiger partial charge in [-0.05, 0) is 36.0 Å². The zero-order valence-electron chi connectivity index (χ0n) is 10.6. The lowest BCUT2D eigenvalue weighted by molar-refractivity contribution is 0.112. The molecule has 3 rings (SSSR count). The molecule has 0 radical (unpaired) electrons. The van der Waals surface area contributed by atoms with Gasteiger partial charge >= 0.3 is 0 Å². The van der Waals surface area contributed by atoms with Crippen LogP contribution in [-0.2, 0) is 0 Å². The lowest BCUT2D eigenvalue weighted by atomic mass is 9.79. The van der Waals surface area contributed by atoms with Gasteiger partial charge in [-0.25, -0.2) is 4.39 Å². The second-order valence-electron chi connectivity index (χ2n) is 5.11. The average Bonchev–Trinajstić information content (AvgIpc) is 2.37. The van der Waals surface area contributed by atoms with E-state index in [0.717, 1.165) is 5.56 Å². The third-order valence-electron chi connectivity index (χ3n) is 3.90. The predicted octanol–water partition coefficient (Wildman–Crippen LogP) is 4.57. The van der Waals surface area contributed by atoms with Crippen molar-refractivity contribution in [3.8, 4) is 11.1 Å². The van der Waals surface area contributed by atoms with Gasteiger partial charge in [-0.2, -0.15) is 0 Å². The van der Waals surface area contributed by atoms with E-state index in [0.29, 0.717) is 23.3 Å². The lowest BCUT2D eigenvalue weighted by Gasteiger charge is -2.26. The molecule has 0 aliphatic heterocycles. The number of hydrogen-bond donors (Lipinski definition) is 0. The predicted molar refractivity (Wildman–Crippen MR) is 73.8 cm³/mol. The van der Waals surface area contributed by atoms with Crippen LogP contribution in [0.15, 0.2) is 42.5 Å².